The maximum absolute atomic E-state index is 6.13. The van der Waals surface area contributed by atoms with Crippen LogP contribution in [0.1, 0.15) is 67.2 Å². The van der Waals surface area contributed by atoms with E-state index < -0.39 is 13.4 Å². The molecule has 0 aromatic carbocycles. The van der Waals surface area contributed by atoms with Gasteiger partial charge >= 0.3 is 13.4 Å². The quantitative estimate of drug-likeness (QED) is 0.484. The van der Waals surface area contributed by atoms with Crippen LogP contribution in [0.3, 0.4) is 0 Å². The van der Waals surface area contributed by atoms with Gasteiger partial charge in [-0.05, 0) is 36.5 Å². The molecule has 2 fully saturated rings. The minimum Gasteiger partial charge on any atom is -0.308 e. The van der Waals surface area contributed by atoms with Crippen LogP contribution in [0.15, 0.2) is 0 Å². The summed E-state index contributed by atoms with van der Waals surface area (Å²) in [5.74, 6) is 0. The van der Waals surface area contributed by atoms with Gasteiger partial charge in [0.1, 0.15) is 0 Å². The Bertz CT molecular complexity index is 519. The number of rotatable bonds is 6. The topological polar surface area (TPSA) is 46.2 Å². The van der Waals surface area contributed by atoms with Gasteiger partial charge in [0.2, 0.25) is 0 Å². The van der Waals surface area contributed by atoms with Crippen LogP contribution >= 0.6 is 13.4 Å². The third-order valence-corrected chi connectivity index (χ3v) is 10.6. The average Bonchev–Trinajstić information content (AvgIpc) is 2.49. The first kappa shape index (κ1) is 22.4. The fourth-order valence-corrected chi connectivity index (χ4v) is 10.0. The average molecular weight is 431 g/mol. The predicted molar refractivity (Wildman–Crippen MR) is 109 cm³/mol. The molecule has 0 bridgehead atoms. The molecule has 0 N–H and O–H groups in total. The normalized spacial score (nSPS) is 40.7. The minimum absolute atomic E-state index is 0.00801. The molecule has 2 heterocycles. The highest BCUT2D eigenvalue weighted by Crippen LogP contribution is 2.71. The lowest BCUT2D eigenvalue weighted by molar-refractivity contribution is -0.0490. The van der Waals surface area contributed by atoms with Gasteiger partial charge in [0.25, 0.3) is 0 Å². The molecular weight excluding hydrogens is 398 g/mol. The van der Waals surface area contributed by atoms with Gasteiger partial charge in [-0.3, -0.25) is 0 Å². The molecule has 5 nitrogen and oxygen atoms in total. The third-order valence-electron chi connectivity index (χ3n) is 4.75. The molecule has 0 aromatic rings. The van der Waals surface area contributed by atoms with E-state index >= 15 is 0 Å². The first-order valence-corrected chi connectivity index (χ1v) is 14.1. The third kappa shape index (κ3) is 5.56. The molecule has 4 unspecified atom stereocenters. The molecule has 0 aliphatic carbocycles. The van der Waals surface area contributed by atoms with Gasteiger partial charge in [-0.2, -0.15) is 0 Å². The van der Waals surface area contributed by atoms with Crippen molar-refractivity contribution in [3.8, 4) is 0 Å². The van der Waals surface area contributed by atoms with Crippen LogP contribution in [0.2, 0.25) is 0 Å². The Morgan fingerprint density at radius 2 is 1.20 bits per heavy atom. The molecule has 0 amide bonds. The summed E-state index contributed by atoms with van der Waals surface area (Å²) >= 11 is 11.2. The lowest BCUT2D eigenvalue weighted by Gasteiger charge is -2.46. The van der Waals surface area contributed by atoms with E-state index in [9.17, 15) is 0 Å². The second kappa shape index (κ2) is 8.23. The Morgan fingerprint density at radius 3 is 1.52 bits per heavy atom. The molecule has 4 atom stereocenters. The van der Waals surface area contributed by atoms with Gasteiger partial charge in [-0.1, -0.05) is 54.4 Å². The maximum Gasteiger partial charge on any atom is 0.334 e. The van der Waals surface area contributed by atoms with Crippen LogP contribution in [0.4, 0.5) is 0 Å². The van der Waals surface area contributed by atoms with Crippen molar-refractivity contribution in [2.75, 3.05) is 13.2 Å². The molecule has 2 aliphatic heterocycles. The zero-order valence-corrected chi connectivity index (χ0v) is 19.6. The SMILES string of the molecule is CCCC1OP(=S)(OP2(=S)OCC(C)(C)C(CCC)O2)OCC1(C)C. The highest BCUT2D eigenvalue weighted by Gasteiger charge is 2.48. The van der Waals surface area contributed by atoms with E-state index in [0.717, 1.165) is 25.7 Å². The van der Waals surface area contributed by atoms with E-state index in [1.54, 1.807) is 0 Å². The summed E-state index contributed by atoms with van der Waals surface area (Å²) in [6.45, 7) is 7.80. The molecule has 0 aromatic heterocycles. The summed E-state index contributed by atoms with van der Waals surface area (Å²) in [5.41, 5.74) is -0.203. The van der Waals surface area contributed by atoms with E-state index in [2.05, 4.69) is 41.5 Å². The van der Waals surface area contributed by atoms with Crippen molar-refractivity contribution in [3.63, 3.8) is 0 Å². The first-order valence-electron chi connectivity index (χ1n) is 9.02. The number of hydrogen-bond donors (Lipinski definition) is 0. The van der Waals surface area contributed by atoms with Crippen molar-refractivity contribution in [2.24, 2.45) is 10.8 Å². The van der Waals surface area contributed by atoms with E-state index in [4.69, 9.17) is 46.0 Å². The highest BCUT2D eigenvalue weighted by atomic mass is 32.5. The predicted octanol–water partition coefficient (Wildman–Crippen LogP) is 5.94. The lowest BCUT2D eigenvalue weighted by Crippen LogP contribution is -2.41. The first-order chi connectivity index (χ1) is 11.5. The summed E-state index contributed by atoms with van der Waals surface area (Å²) in [6.07, 6.45) is 3.83. The molecule has 0 spiro atoms. The van der Waals surface area contributed by atoms with Crippen LogP contribution < -0.4 is 0 Å². The van der Waals surface area contributed by atoms with Crippen LogP contribution in [-0.2, 0) is 46.0 Å². The van der Waals surface area contributed by atoms with Crippen molar-refractivity contribution in [1.29, 1.82) is 0 Å². The fraction of sp³-hybridized carbons (Fsp3) is 1.00. The van der Waals surface area contributed by atoms with E-state index in [-0.39, 0.29) is 23.0 Å². The zero-order chi connectivity index (χ0) is 18.9. The highest BCUT2D eigenvalue weighted by molar-refractivity contribution is 8.14. The smallest absolute Gasteiger partial charge is 0.308 e. The second-order valence-electron chi connectivity index (χ2n) is 8.27. The second-order valence-corrected chi connectivity index (χ2v) is 14.3. The lowest BCUT2D eigenvalue weighted by atomic mass is 9.85. The molecule has 148 valence electrons. The molecule has 2 aliphatic rings. The molecule has 0 saturated carbocycles. The van der Waals surface area contributed by atoms with Gasteiger partial charge in [-0.25, -0.2) is 4.31 Å². The van der Waals surface area contributed by atoms with Crippen molar-refractivity contribution in [2.45, 2.75) is 79.4 Å². The molecule has 2 saturated heterocycles. The van der Waals surface area contributed by atoms with Crippen molar-refractivity contribution in [3.05, 3.63) is 0 Å². The van der Waals surface area contributed by atoms with Crippen LogP contribution in [-0.4, -0.2) is 25.4 Å². The summed E-state index contributed by atoms with van der Waals surface area (Å²) in [7, 11) is 0. The molecule has 25 heavy (non-hydrogen) atoms. The maximum atomic E-state index is 6.13. The number of hydrogen-bond acceptors (Lipinski definition) is 7. The Kier molecular flexibility index (Phi) is 7.37. The van der Waals surface area contributed by atoms with Gasteiger partial charge in [0, 0.05) is 10.8 Å². The van der Waals surface area contributed by atoms with E-state index in [1.807, 2.05) is 0 Å². The van der Waals surface area contributed by atoms with Crippen molar-refractivity contribution >= 4 is 37.1 Å². The Balaban J connectivity index is 2.12. The summed E-state index contributed by atoms with van der Waals surface area (Å²) in [5, 5.41) is 0. The van der Waals surface area contributed by atoms with E-state index in [1.165, 1.54) is 0 Å². The summed E-state index contributed by atoms with van der Waals surface area (Å²) in [4.78, 5) is 0. The Hall–Kier alpha value is 1.10. The minimum atomic E-state index is -2.97. The standard InChI is InChI=1S/C16H32O5P2S2/c1-7-9-13-15(3,4)11-17-22(24,19-13)21-23(25)18-12-16(5,6)14(20-23)10-8-2/h13-14H,7-12H2,1-6H3. The molecule has 2 rings (SSSR count). The van der Waals surface area contributed by atoms with Crippen molar-refractivity contribution < 1.29 is 22.4 Å². The molecular formula is C16H32O5P2S2. The zero-order valence-electron chi connectivity index (χ0n) is 16.1. The molecule has 9 heteroatoms. The summed E-state index contributed by atoms with van der Waals surface area (Å²) in [6, 6.07) is 0. The Morgan fingerprint density at radius 1 is 0.840 bits per heavy atom. The van der Waals surface area contributed by atoms with Gasteiger partial charge in [0.05, 0.1) is 25.4 Å². The van der Waals surface area contributed by atoms with Gasteiger partial charge in [0.15, 0.2) is 0 Å². The van der Waals surface area contributed by atoms with E-state index in [0.29, 0.717) is 13.2 Å². The van der Waals surface area contributed by atoms with Crippen LogP contribution in [0, 0.1) is 10.8 Å². The molecule has 0 radical (unpaired) electrons. The van der Waals surface area contributed by atoms with Crippen LogP contribution in [0.25, 0.3) is 0 Å². The Labute approximate surface area is 163 Å². The largest absolute Gasteiger partial charge is 0.334 e. The van der Waals surface area contributed by atoms with Crippen molar-refractivity contribution in [1.82, 2.24) is 0 Å². The van der Waals surface area contributed by atoms with Crippen LogP contribution in [0.5, 0.6) is 0 Å². The monoisotopic (exact) mass is 430 g/mol. The summed E-state index contributed by atoms with van der Waals surface area (Å²) < 4.78 is 30.0. The van der Waals surface area contributed by atoms with Gasteiger partial charge < -0.3 is 18.1 Å². The fourth-order valence-electron chi connectivity index (χ4n) is 2.95. The van der Waals surface area contributed by atoms with Gasteiger partial charge in [-0.15, -0.1) is 0 Å².